The monoisotopic (exact) mass is 506 g/mol. The molecule has 7 nitrogen and oxygen atoms in total. The number of pyridine rings is 1. The molecule has 1 aliphatic rings. The highest BCUT2D eigenvalue weighted by molar-refractivity contribution is 6.46. The fourth-order valence-corrected chi connectivity index (χ4v) is 4.63. The van der Waals surface area contributed by atoms with Crippen molar-refractivity contribution in [1.29, 1.82) is 0 Å². The van der Waals surface area contributed by atoms with E-state index in [1.807, 2.05) is 49.4 Å². The number of rotatable bonds is 7. The molecule has 1 saturated heterocycles. The van der Waals surface area contributed by atoms with Crippen LogP contribution in [0.15, 0.2) is 103 Å². The number of benzene rings is 3. The van der Waals surface area contributed by atoms with Crippen molar-refractivity contribution < 1.29 is 24.2 Å². The standard InChI is InChI=1S/C31H26N2O5/c1-20-16-23(13-14-26(20)37-2)29(34)27-28(33(31(36)30(27)35)19-21-8-7-15-32-18-21)22-9-6-12-25(17-22)38-24-10-4-3-5-11-24/h3-18,28,34H,19H2,1-2H3. The number of hydrogen-bond acceptors (Lipinski definition) is 6. The number of para-hydroxylation sites is 1. The predicted octanol–water partition coefficient (Wildman–Crippen LogP) is 5.81. The average molecular weight is 507 g/mol. The van der Waals surface area contributed by atoms with Crippen molar-refractivity contribution in [2.75, 3.05) is 7.11 Å². The van der Waals surface area contributed by atoms with E-state index in [-0.39, 0.29) is 17.9 Å². The van der Waals surface area contributed by atoms with E-state index in [2.05, 4.69) is 4.98 Å². The van der Waals surface area contributed by atoms with Gasteiger partial charge in [-0.2, -0.15) is 0 Å². The summed E-state index contributed by atoms with van der Waals surface area (Å²) in [6.45, 7) is 1.99. The number of methoxy groups -OCH3 is 1. The van der Waals surface area contributed by atoms with E-state index < -0.39 is 17.7 Å². The molecule has 4 aromatic rings. The molecule has 1 amide bonds. The van der Waals surface area contributed by atoms with Gasteiger partial charge < -0.3 is 19.5 Å². The van der Waals surface area contributed by atoms with Crippen LogP contribution in [-0.2, 0) is 16.1 Å². The van der Waals surface area contributed by atoms with E-state index in [1.165, 1.54) is 4.90 Å². The highest BCUT2D eigenvalue weighted by Gasteiger charge is 2.46. The lowest BCUT2D eigenvalue weighted by Crippen LogP contribution is -2.29. The summed E-state index contributed by atoms with van der Waals surface area (Å²) in [7, 11) is 1.57. The fourth-order valence-electron chi connectivity index (χ4n) is 4.63. The van der Waals surface area contributed by atoms with Crippen LogP contribution in [0.1, 0.15) is 28.3 Å². The number of aryl methyl sites for hydroxylation is 1. The van der Waals surface area contributed by atoms with Crippen molar-refractivity contribution in [1.82, 2.24) is 9.88 Å². The summed E-state index contributed by atoms with van der Waals surface area (Å²) in [5, 5.41) is 11.4. The Kier molecular flexibility index (Phi) is 6.91. The van der Waals surface area contributed by atoms with E-state index in [9.17, 15) is 14.7 Å². The van der Waals surface area contributed by atoms with Crippen LogP contribution < -0.4 is 9.47 Å². The van der Waals surface area contributed by atoms with Crippen molar-refractivity contribution in [3.05, 3.63) is 125 Å². The molecule has 38 heavy (non-hydrogen) atoms. The van der Waals surface area contributed by atoms with Gasteiger partial charge in [-0.15, -0.1) is 0 Å². The zero-order chi connectivity index (χ0) is 26.6. The molecule has 1 atom stereocenters. The Morgan fingerprint density at radius 2 is 1.74 bits per heavy atom. The molecule has 0 saturated carbocycles. The summed E-state index contributed by atoms with van der Waals surface area (Å²) in [5.74, 6) is 0.158. The van der Waals surface area contributed by atoms with Crippen molar-refractivity contribution in [2.24, 2.45) is 0 Å². The zero-order valence-electron chi connectivity index (χ0n) is 21.0. The maximum Gasteiger partial charge on any atom is 0.295 e. The van der Waals surface area contributed by atoms with Gasteiger partial charge in [0, 0.05) is 24.5 Å². The Balaban J connectivity index is 1.62. The summed E-state index contributed by atoms with van der Waals surface area (Å²) in [4.78, 5) is 32.4. The molecule has 190 valence electrons. The summed E-state index contributed by atoms with van der Waals surface area (Å²) in [5.41, 5.74) is 2.62. The molecule has 2 heterocycles. The molecule has 0 spiro atoms. The Morgan fingerprint density at radius 3 is 2.45 bits per heavy atom. The molecule has 5 rings (SSSR count). The molecule has 3 aromatic carbocycles. The van der Waals surface area contributed by atoms with Crippen LogP contribution in [0.3, 0.4) is 0 Å². The number of carbonyl (C=O) groups is 2. The first-order valence-corrected chi connectivity index (χ1v) is 12.1. The quantitative estimate of drug-likeness (QED) is 0.193. The third-order valence-corrected chi connectivity index (χ3v) is 6.44. The number of amides is 1. The fraction of sp³-hybridized carbons (Fsp3) is 0.129. The second-order valence-corrected chi connectivity index (χ2v) is 8.96. The first-order chi connectivity index (χ1) is 18.5. The zero-order valence-corrected chi connectivity index (χ0v) is 21.0. The van der Waals surface area contributed by atoms with Crippen LogP contribution in [0.25, 0.3) is 5.76 Å². The summed E-state index contributed by atoms with van der Waals surface area (Å²) >= 11 is 0. The number of aromatic nitrogens is 1. The SMILES string of the molecule is COc1ccc(C(O)=C2C(=O)C(=O)N(Cc3cccnc3)C2c2cccc(Oc3ccccc3)c2)cc1C. The van der Waals surface area contributed by atoms with Crippen molar-refractivity contribution >= 4 is 17.4 Å². The number of likely N-dealkylation sites (tertiary alicyclic amines) is 1. The van der Waals surface area contributed by atoms with Gasteiger partial charge in [0.25, 0.3) is 11.7 Å². The van der Waals surface area contributed by atoms with Gasteiger partial charge >= 0.3 is 0 Å². The Bertz CT molecular complexity index is 1520. The van der Waals surface area contributed by atoms with Gasteiger partial charge in [0.05, 0.1) is 18.7 Å². The molecule has 0 bridgehead atoms. The number of hydrogen-bond donors (Lipinski definition) is 1. The van der Waals surface area contributed by atoms with Gasteiger partial charge in [-0.25, -0.2) is 0 Å². The number of ketones is 1. The molecule has 1 unspecified atom stereocenters. The number of ether oxygens (including phenoxy) is 2. The minimum atomic E-state index is -0.836. The van der Waals surface area contributed by atoms with Crippen molar-refractivity contribution in [3.63, 3.8) is 0 Å². The molecule has 0 radical (unpaired) electrons. The minimum Gasteiger partial charge on any atom is -0.507 e. The second-order valence-electron chi connectivity index (χ2n) is 8.96. The van der Waals surface area contributed by atoms with Gasteiger partial charge in [-0.3, -0.25) is 14.6 Å². The van der Waals surface area contributed by atoms with Crippen LogP contribution in [0.5, 0.6) is 17.2 Å². The Labute approximate surface area is 220 Å². The summed E-state index contributed by atoms with van der Waals surface area (Å²) in [6.07, 6.45) is 3.30. The largest absolute Gasteiger partial charge is 0.507 e. The van der Waals surface area contributed by atoms with E-state index in [4.69, 9.17) is 9.47 Å². The van der Waals surface area contributed by atoms with E-state index in [0.29, 0.717) is 28.4 Å². The van der Waals surface area contributed by atoms with Crippen LogP contribution in [0.4, 0.5) is 0 Å². The van der Waals surface area contributed by atoms with Gasteiger partial charge in [-0.1, -0.05) is 36.4 Å². The van der Waals surface area contributed by atoms with Crippen LogP contribution >= 0.6 is 0 Å². The van der Waals surface area contributed by atoms with Crippen molar-refractivity contribution in [3.8, 4) is 17.2 Å². The maximum atomic E-state index is 13.4. The average Bonchev–Trinajstić information content (AvgIpc) is 3.19. The third-order valence-electron chi connectivity index (χ3n) is 6.44. The Morgan fingerprint density at radius 1 is 0.947 bits per heavy atom. The van der Waals surface area contributed by atoms with Crippen molar-refractivity contribution in [2.45, 2.75) is 19.5 Å². The summed E-state index contributed by atoms with van der Waals surface area (Å²) in [6, 6.07) is 24.4. The lowest BCUT2D eigenvalue weighted by atomic mass is 9.94. The number of Topliss-reactive ketones (excluding diaryl/α,β-unsaturated/α-hetero) is 1. The summed E-state index contributed by atoms with van der Waals surface area (Å²) < 4.78 is 11.3. The lowest BCUT2D eigenvalue weighted by Gasteiger charge is -2.25. The van der Waals surface area contributed by atoms with E-state index in [0.717, 1.165) is 11.1 Å². The number of aliphatic hydroxyl groups is 1. The van der Waals surface area contributed by atoms with Crippen LogP contribution in [0, 0.1) is 6.92 Å². The molecule has 1 N–H and O–H groups in total. The molecule has 1 aliphatic heterocycles. The van der Waals surface area contributed by atoms with Gasteiger partial charge in [0.2, 0.25) is 0 Å². The van der Waals surface area contributed by atoms with Gasteiger partial charge in [0.1, 0.15) is 23.0 Å². The van der Waals surface area contributed by atoms with Gasteiger partial charge in [-0.05, 0) is 72.1 Å². The number of aliphatic hydroxyl groups excluding tert-OH is 1. The molecule has 7 heteroatoms. The van der Waals surface area contributed by atoms with Crippen LogP contribution in [-0.4, -0.2) is 33.8 Å². The third kappa shape index (κ3) is 4.86. The number of nitrogens with zero attached hydrogens (tertiary/aromatic N) is 2. The number of carbonyl (C=O) groups excluding carboxylic acids is 2. The Hall–Kier alpha value is -4.91. The molecular weight excluding hydrogens is 480 g/mol. The topological polar surface area (TPSA) is 89.0 Å². The highest BCUT2D eigenvalue weighted by atomic mass is 16.5. The molecule has 0 aliphatic carbocycles. The highest BCUT2D eigenvalue weighted by Crippen LogP contribution is 2.41. The minimum absolute atomic E-state index is 0.0142. The molecule has 1 aromatic heterocycles. The first kappa shape index (κ1) is 24.8. The van der Waals surface area contributed by atoms with Crippen LogP contribution in [0.2, 0.25) is 0 Å². The predicted molar refractivity (Wildman–Crippen MR) is 143 cm³/mol. The first-order valence-electron chi connectivity index (χ1n) is 12.1. The second kappa shape index (κ2) is 10.6. The molecular formula is C31H26N2O5. The van der Waals surface area contributed by atoms with E-state index in [1.54, 1.807) is 62.0 Å². The molecule has 1 fully saturated rings. The van der Waals surface area contributed by atoms with E-state index >= 15 is 0 Å². The smallest absolute Gasteiger partial charge is 0.295 e. The maximum absolute atomic E-state index is 13.4. The lowest BCUT2D eigenvalue weighted by molar-refractivity contribution is -0.140. The van der Waals surface area contributed by atoms with Gasteiger partial charge in [0.15, 0.2) is 0 Å². The normalized spacial score (nSPS) is 16.5.